The number of benzene rings is 4. The van der Waals surface area contributed by atoms with Crippen molar-refractivity contribution in [1.29, 1.82) is 0 Å². The first-order valence-corrected chi connectivity index (χ1v) is 18.3. The van der Waals surface area contributed by atoms with Gasteiger partial charge in [-0.2, -0.15) is 0 Å². The Morgan fingerprint density at radius 1 is 0.843 bits per heavy atom. The molecule has 270 valence electrons. The molecule has 0 saturated heterocycles. The molecule has 0 spiro atoms. The summed E-state index contributed by atoms with van der Waals surface area (Å²) in [6.07, 6.45) is 3.76. The van der Waals surface area contributed by atoms with Crippen LogP contribution in [0.3, 0.4) is 0 Å². The maximum atomic E-state index is 14.8. The van der Waals surface area contributed by atoms with Crippen molar-refractivity contribution < 1.29 is 36.6 Å². The van der Waals surface area contributed by atoms with E-state index < -0.39 is 34.3 Å². The Labute approximate surface area is 303 Å². The van der Waals surface area contributed by atoms with Gasteiger partial charge < -0.3 is 24.4 Å². The number of anilines is 1. The van der Waals surface area contributed by atoms with Gasteiger partial charge in [0.2, 0.25) is 11.8 Å². The fourth-order valence-electron chi connectivity index (χ4n) is 6.18. The minimum absolute atomic E-state index is 0.00452. The topological polar surface area (TPSA) is 114 Å². The number of carbonyl (C=O) groups excluding carboxylic acids is 2. The Bertz CT molecular complexity index is 1920. The number of amides is 2. The summed E-state index contributed by atoms with van der Waals surface area (Å²) in [6, 6.07) is 22.3. The van der Waals surface area contributed by atoms with Gasteiger partial charge in [-0.25, -0.2) is 12.8 Å². The van der Waals surface area contributed by atoms with Crippen molar-refractivity contribution in [3.8, 4) is 17.2 Å². The van der Waals surface area contributed by atoms with Gasteiger partial charge in [-0.3, -0.25) is 13.9 Å². The van der Waals surface area contributed by atoms with E-state index in [2.05, 4.69) is 5.32 Å². The molecule has 10 nitrogen and oxygen atoms in total. The van der Waals surface area contributed by atoms with Gasteiger partial charge in [0.25, 0.3) is 10.0 Å². The number of nitrogens with one attached hydrogen (secondary N) is 1. The summed E-state index contributed by atoms with van der Waals surface area (Å²) in [7, 11) is -0.345. The second-order valence-electron chi connectivity index (χ2n) is 12.2. The number of sulfonamides is 1. The molecule has 51 heavy (non-hydrogen) atoms. The molecule has 1 unspecified atom stereocenters. The average Bonchev–Trinajstić information content (AvgIpc) is 3.65. The summed E-state index contributed by atoms with van der Waals surface area (Å²) in [4.78, 5) is 30.2. The summed E-state index contributed by atoms with van der Waals surface area (Å²) >= 11 is 6.39. The number of hydrogen-bond acceptors (Lipinski definition) is 7. The standard InChI is InChI=1S/C38H41ClFN3O7S/c1-48-34-19-15-28(39)22-32(34)43(51(46,47)31-18-20-35(49-2)36(23-31)50-3)25-37(44)42(24-27-13-16-29(40)17-14-27)33(21-26-9-5-4-6-10-26)38(45)41-30-11-7-8-12-30/h4-6,9-10,13-20,22-23,30,33H,7-8,11-12,21,24-25H2,1-3H3,(H,41,45). The molecule has 1 N–H and O–H groups in total. The van der Waals surface area contributed by atoms with Crippen molar-refractivity contribution in [2.24, 2.45) is 0 Å². The van der Waals surface area contributed by atoms with Gasteiger partial charge in [0.05, 0.1) is 31.9 Å². The summed E-state index contributed by atoms with van der Waals surface area (Å²) in [5.41, 5.74) is 1.35. The molecule has 0 bridgehead atoms. The van der Waals surface area contributed by atoms with Gasteiger partial charge in [-0.05, 0) is 66.4 Å². The molecule has 1 atom stereocenters. The zero-order valence-electron chi connectivity index (χ0n) is 28.7. The summed E-state index contributed by atoms with van der Waals surface area (Å²) in [6.45, 7) is -0.845. The third kappa shape index (κ3) is 9.11. The first kappa shape index (κ1) is 37.4. The second-order valence-corrected chi connectivity index (χ2v) is 14.5. The Morgan fingerprint density at radius 3 is 2.14 bits per heavy atom. The van der Waals surface area contributed by atoms with E-state index in [0.29, 0.717) is 11.3 Å². The maximum Gasteiger partial charge on any atom is 0.265 e. The van der Waals surface area contributed by atoms with Crippen molar-refractivity contribution >= 4 is 39.1 Å². The van der Waals surface area contributed by atoms with Crippen LogP contribution in [0.4, 0.5) is 10.1 Å². The van der Waals surface area contributed by atoms with Crippen LogP contribution in [0.5, 0.6) is 17.2 Å². The molecule has 1 aliphatic carbocycles. The van der Waals surface area contributed by atoms with Crippen LogP contribution < -0.4 is 23.8 Å². The molecular weight excluding hydrogens is 697 g/mol. The molecule has 0 aromatic heterocycles. The molecule has 1 fully saturated rings. The lowest BCUT2D eigenvalue weighted by Gasteiger charge is -2.34. The van der Waals surface area contributed by atoms with E-state index in [1.807, 2.05) is 30.3 Å². The van der Waals surface area contributed by atoms with Gasteiger partial charge in [0.15, 0.2) is 11.5 Å². The normalized spacial score (nSPS) is 13.7. The molecule has 4 aromatic carbocycles. The van der Waals surface area contributed by atoms with E-state index in [1.54, 1.807) is 0 Å². The van der Waals surface area contributed by atoms with Crippen LogP contribution in [0.15, 0.2) is 95.9 Å². The van der Waals surface area contributed by atoms with E-state index in [1.165, 1.54) is 86.9 Å². The highest BCUT2D eigenvalue weighted by atomic mass is 35.5. The highest BCUT2D eigenvalue weighted by Crippen LogP contribution is 2.37. The van der Waals surface area contributed by atoms with E-state index in [0.717, 1.165) is 35.6 Å². The highest BCUT2D eigenvalue weighted by Gasteiger charge is 2.37. The quantitative estimate of drug-likeness (QED) is 0.150. The zero-order chi connectivity index (χ0) is 36.5. The Balaban J connectivity index is 1.62. The molecule has 5 rings (SSSR count). The number of methoxy groups -OCH3 is 3. The van der Waals surface area contributed by atoms with Crippen LogP contribution in [0.25, 0.3) is 0 Å². The summed E-state index contributed by atoms with van der Waals surface area (Å²) in [5.74, 6) is -0.907. The minimum Gasteiger partial charge on any atom is -0.495 e. The molecule has 0 aliphatic heterocycles. The van der Waals surface area contributed by atoms with Gasteiger partial charge in [-0.15, -0.1) is 0 Å². The molecule has 2 amide bonds. The summed E-state index contributed by atoms with van der Waals surface area (Å²) < 4.78 is 60.3. The number of hydrogen-bond donors (Lipinski definition) is 1. The molecule has 13 heteroatoms. The number of nitrogens with zero attached hydrogens (tertiary/aromatic N) is 2. The van der Waals surface area contributed by atoms with Crippen molar-refractivity contribution in [3.05, 3.63) is 113 Å². The fourth-order valence-corrected chi connectivity index (χ4v) is 7.78. The van der Waals surface area contributed by atoms with Crippen LogP contribution in [0.1, 0.15) is 36.8 Å². The van der Waals surface area contributed by atoms with Crippen LogP contribution in [-0.2, 0) is 32.6 Å². The molecule has 0 heterocycles. The van der Waals surface area contributed by atoms with Crippen molar-refractivity contribution in [2.75, 3.05) is 32.2 Å². The van der Waals surface area contributed by atoms with E-state index in [4.69, 9.17) is 25.8 Å². The lowest BCUT2D eigenvalue weighted by atomic mass is 10.0. The van der Waals surface area contributed by atoms with Crippen LogP contribution in [-0.4, -0.2) is 65.1 Å². The van der Waals surface area contributed by atoms with E-state index >= 15 is 0 Å². The molecular formula is C38H41ClFN3O7S. The van der Waals surface area contributed by atoms with Gasteiger partial charge in [0, 0.05) is 30.1 Å². The van der Waals surface area contributed by atoms with Gasteiger partial charge in [0.1, 0.15) is 24.2 Å². The van der Waals surface area contributed by atoms with Crippen molar-refractivity contribution in [3.63, 3.8) is 0 Å². The van der Waals surface area contributed by atoms with Crippen molar-refractivity contribution in [1.82, 2.24) is 10.2 Å². The lowest BCUT2D eigenvalue weighted by Crippen LogP contribution is -2.54. The number of rotatable bonds is 15. The minimum atomic E-state index is -4.53. The first-order valence-electron chi connectivity index (χ1n) is 16.5. The number of carbonyl (C=O) groups is 2. The lowest BCUT2D eigenvalue weighted by molar-refractivity contribution is -0.140. The van der Waals surface area contributed by atoms with Crippen molar-refractivity contribution in [2.45, 2.75) is 55.6 Å². The zero-order valence-corrected chi connectivity index (χ0v) is 30.3. The van der Waals surface area contributed by atoms with E-state index in [-0.39, 0.29) is 52.0 Å². The average molecular weight is 738 g/mol. The SMILES string of the molecule is COc1ccc(S(=O)(=O)N(CC(=O)N(Cc2ccc(F)cc2)C(Cc2ccccc2)C(=O)NC2CCCC2)c2cc(Cl)ccc2OC)cc1OC. The molecule has 0 radical (unpaired) electrons. The van der Waals surface area contributed by atoms with E-state index in [9.17, 15) is 22.4 Å². The maximum absolute atomic E-state index is 14.8. The Kier molecular flexibility index (Phi) is 12.4. The summed E-state index contributed by atoms with van der Waals surface area (Å²) in [5, 5.41) is 3.33. The number of ether oxygens (including phenoxy) is 3. The second kappa shape index (κ2) is 16.9. The van der Waals surface area contributed by atoms with Gasteiger partial charge in [-0.1, -0.05) is 66.9 Å². The third-order valence-electron chi connectivity index (χ3n) is 8.87. The Morgan fingerprint density at radius 2 is 1.49 bits per heavy atom. The first-order chi connectivity index (χ1) is 24.5. The Hall–Kier alpha value is -4.81. The van der Waals surface area contributed by atoms with Crippen LogP contribution in [0.2, 0.25) is 5.02 Å². The third-order valence-corrected chi connectivity index (χ3v) is 10.9. The van der Waals surface area contributed by atoms with Crippen LogP contribution in [0, 0.1) is 5.82 Å². The molecule has 1 aliphatic rings. The van der Waals surface area contributed by atoms with Crippen LogP contribution >= 0.6 is 11.6 Å². The largest absolute Gasteiger partial charge is 0.495 e. The smallest absolute Gasteiger partial charge is 0.265 e. The monoisotopic (exact) mass is 737 g/mol. The molecule has 4 aromatic rings. The molecule has 1 saturated carbocycles. The predicted octanol–water partition coefficient (Wildman–Crippen LogP) is 6.40. The predicted molar refractivity (Wildman–Crippen MR) is 193 cm³/mol. The number of halogens is 2. The fraction of sp³-hybridized carbons (Fsp3) is 0.316. The van der Waals surface area contributed by atoms with Gasteiger partial charge >= 0.3 is 0 Å². The highest BCUT2D eigenvalue weighted by molar-refractivity contribution is 7.92.